The third kappa shape index (κ3) is 3.95. The normalized spacial score (nSPS) is 15.5. The van der Waals surface area contributed by atoms with E-state index in [4.69, 9.17) is 0 Å². The molecule has 1 aliphatic heterocycles. The van der Waals surface area contributed by atoms with E-state index in [0.29, 0.717) is 40.4 Å². The molecule has 176 valence electrons. The molecule has 2 aromatic heterocycles. The SMILES string of the molecule is CC1Cn2c(nc3ccc(NC(=O)c4cc5cc(F)ccc5n4Cc4cccc(F)c4)cc32)CN1. The number of halogens is 2. The van der Waals surface area contributed by atoms with Crippen LogP contribution in [0.15, 0.2) is 66.7 Å². The molecule has 0 bridgehead atoms. The molecule has 0 radical (unpaired) electrons. The highest BCUT2D eigenvalue weighted by atomic mass is 19.1. The Kier molecular flexibility index (Phi) is 5.11. The van der Waals surface area contributed by atoms with Gasteiger partial charge in [-0.3, -0.25) is 4.79 Å². The highest BCUT2D eigenvalue weighted by Crippen LogP contribution is 2.26. The van der Waals surface area contributed by atoms with Gasteiger partial charge in [-0.1, -0.05) is 12.1 Å². The van der Waals surface area contributed by atoms with Gasteiger partial charge in [-0.05, 0) is 67.1 Å². The summed E-state index contributed by atoms with van der Waals surface area (Å²) in [4.78, 5) is 18.1. The van der Waals surface area contributed by atoms with Crippen molar-refractivity contribution in [2.24, 2.45) is 0 Å². The molecule has 1 aliphatic rings. The number of hydrogen-bond donors (Lipinski definition) is 2. The largest absolute Gasteiger partial charge is 0.332 e. The summed E-state index contributed by atoms with van der Waals surface area (Å²) in [6, 6.07) is 18.3. The number of carbonyl (C=O) groups excluding carboxylic acids is 1. The van der Waals surface area contributed by atoms with Crippen LogP contribution in [-0.4, -0.2) is 26.1 Å². The van der Waals surface area contributed by atoms with Crippen LogP contribution in [0.5, 0.6) is 0 Å². The van der Waals surface area contributed by atoms with Crippen molar-refractivity contribution in [1.82, 2.24) is 19.4 Å². The molecule has 1 atom stereocenters. The number of amides is 1. The number of rotatable bonds is 4. The molecule has 35 heavy (non-hydrogen) atoms. The maximum atomic E-state index is 13.9. The molecule has 3 heterocycles. The highest BCUT2D eigenvalue weighted by Gasteiger charge is 2.20. The van der Waals surface area contributed by atoms with Crippen molar-refractivity contribution in [2.45, 2.75) is 32.6 Å². The lowest BCUT2D eigenvalue weighted by Gasteiger charge is -2.22. The Morgan fingerprint density at radius 2 is 1.91 bits per heavy atom. The summed E-state index contributed by atoms with van der Waals surface area (Å²) in [5, 5.41) is 7.00. The number of aromatic nitrogens is 3. The van der Waals surface area contributed by atoms with E-state index in [2.05, 4.69) is 27.1 Å². The highest BCUT2D eigenvalue weighted by molar-refractivity contribution is 6.07. The van der Waals surface area contributed by atoms with Crippen LogP contribution in [0.1, 0.15) is 28.8 Å². The zero-order valence-corrected chi connectivity index (χ0v) is 19.1. The van der Waals surface area contributed by atoms with Gasteiger partial charge in [0, 0.05) is 35.7 Å². The maximum Gasteiger partial charge on any atom is 0.272 e. The summed E-state index contributed by atoms with van der Waals surface area (Å²) in [5.74, 6) is -0.0883. The van der Waals surface area contributed by atoms with Crippen LogP contribution in [0.25, 0.3) is 21.9 Å². The van der Waals surface area contributed by atoms with E-state index in [1.165, 1.54) is 24.3 Å². The molecule has 3 aromatic carbocycles. The van der Waals surface area contributed by atoms with Gasteiger partial charge in [0.15, 0.2) is 0 Å². The van der Waals surface area contributed by atoms with Crippen LogP contribution in [0, 0.1) is 11.6 Å². The average Bonchev–Trinajstić information content (AvgIpc) is 3.36. The fraction of sp³-hybridized carbons (Fsp3) is 0.185. The monoisotopic (exact) mass is 471 g/mol. The first-order valence-corrected chi connectivity index (χ1v) is 11.5. The minimum absolute atomic E-state index is 0.274. The lowest BCUT2D eigenvalue weighted by atomic mass is 10.2. The van der Waals surface area contributed by atoms with E-state index in [-0.39, 0.29) is 24.1 Å². The smallest absolute Gasteiger partial charge is 0.272 e. The number of carbonyl (C=O) groups is 1. The first-order chi connectivity index (χ1) is 16.9. The van der Waals surface area contributed by atoms with Gasteiger partial charge in [0.25, 0.3) is 5.91 Å². The maximum absolute atomic E-state index is 13.9. The van der Waals surface area contributed by atoms with Crippen LogP contribution in [-0.2, 0) is 19.6 Å². The second-order valence-corrected chi connectivity index (χ2v) is 9.03. The number of fused-ring (bicyclic) bond motifs is 4. The molecule has 5 aromatic rings. The summed E-state index contributed by atoms with van der Waals surface area (Å²) in [7, 11) is 0. The minimum Gasteiger partial charge on any atom is -0.332 e. The number of imidazole rings is 1. The second kappa shape index (κ2) is 8.32. The zero-order valence-electron chi connectivity index (χ0n) is 19.1. The topological polar surface area (TPSA) is 63.9 Å². The fourth-order valence-corrected chi connectivity index (χ4v) is 4.81. The summed E-state index contributed by atoms with van der Waals surface area (Å²) in [6.45, 7) is 3.90. The third-order valence-electron chi connectivity index (χ3n) is 6.48. The van der Waals surface area contributed by atoms with E-state index < -0.39 is 0 Å². The molecule has 1 amide bonds. The molecular formula is C27H23F2N5O. The molecule has 8 heteroatoms. The number of nitrogens with one attached hydrogen (secondary N) is 2. The average molecular weight is 472 g/mol. The van der Waals surface area contributed by atoms with Crippen LogP contribution < -0.4 is 10.6 Å². The van der Waals surface area contributed by atoms with E-state index in [9.17, 15) is 13.6 Å². The van der Waals surface area contributed by atoms with Gasteiger partial charge in [-0.2, -0.15) is 0 Å². The summed E-state index contributed by atoms with van der Waals surface area (Å²) < 4.78 is 31.7. The van der Waals surface area contributed by atoms with Gasteiger partial charge in [0.05, 0.1) is 17.6 Å². The minimum atomic E-state index is -0.382. The molecule has 0 fully saturated rings. The Hall–Kier alpha value is -4.04. The predicted octanol–water partition coefficient (Wildman–Crippen LogP) is 5.06. The summed E-state index contributed by atoms with van der Waals surface area (Å²) in [5.41, 5.74) is 4.25. The van der Waals surface area contributed by atoms with Gasteiger partial charge in [-0.25, -0.2) is 13.8 Å². The lowest BCUT2D eigenvalue weighted by Crippen LogP contribution is -2.36. The molecule has 1 unspecified atom stereocenters. The Labute approximate surface area is 200 Å². The molecule has 0 saturated heterocycles. The molecule has 6 rings (SSSR count). The predicted molar refractivity (Wildman–Crippen MR) is 131 cm³/mol. The molecule has 0 aliphatic carbocycles. The van der Waals surface area contributed by atoms with Crippen molar-refractivity contribution in [3.63, 3.8) is 0 Å². The van der Waals surface area contributed by atoms with Crippen LogP contribution in [0.2, 0.25) is 0 Å². The Morgan fingerprint density at radius 1 is 1.06 bits per heavy atom. The molecule has 0 saturated carbocycles. The van der Waals surface area contributed by atoms with Gasteiger partial charge in [0.1, 0.15) is 23.2 Å². The van der Waals surface area contributed by atoms with E-state index in [0.717, 1.165) is 23.4 Å². The van der Waals surface area contributed by atoms with Crippen LogP contribution >= 0.6 is 0 Å². The number of anilines is 1. The Balaban J connectivity index is 1.37. The van der Waals surface area contributed by atoms with Crippen molar-refractivity contribution in [3.05, 3.63) is 95.4 Å². The quantitative estimate of drug-likeness (QED) is 0.385. The lowest BCUT2D eigenvalue weighted by molar-refractivity contribution is 0.101. The van der Waals surface area contributed by atoms with Crippen molar-refractivity contribution < 1.29 is 13.6 Å². The van der Waals surface area contributed by atoms with Crippen molar-refractivity contribution in [2.75, 3.05) is 5.32 Å². The Morgan fingerprint density at radius 3 is 2.77 bits per heavy atom. The summed E-state index contributed by atoms with van der Waals surface area (Å²) in [6.07, 6.45) is 0. The zero-order chi connectivity index (χ0) is 24.1. The van der Waals surface area contributed by atoms with Gasteiger partial charge < -0.3 is 19.8 Å². The molecular weight excluding hydrogens is 448 g/mol. The van der Waals surface area contributed by atoms with Crippen LogP contribution in [0.3, 0.4) is 0 Å². The van der Waals surface area contributed by atoms with Gasteiger partial charge in [0.2, 0.25) is 0 Å². The Bertz CT molecular complexity index is 1600. The van der Waals surface area contributed by atoms with Gasteiger partial charge in [-0.15, -0.1) is 0 Å². The number of nitrogens with zero attached hydrogens (tertiary/aromatic N) is 3. The second-order valence-electron chi connectivity index (χ2n) is 9.03. The number of benzene rings is 3. The van der Waals surface area contributed by atoms with E-state index in [1.54, 1.807) is 28.8 Å². The van der Waals surface area contributed by atoms with E-state index >= 15 is 0 Å². The summed E-state index contributed by atoms with van der Waals surface area (Å²) >= 11 is 0. The van der Waals surface area contributed by atoms with Crippen molar-refractivity contribution in [3.8, 4) is 0 Å². The van der Waals surface area contributed by atoms with Gasteiger partial charge >= 0.3 is 0 Å². The first-order valence-electron chi connectivity index (χ1n) is 11.5. The van der Waals surface area contributed by atoms with Crippen molar-refractivity contribution >= 4 is 33.5 Å². The third-order valence-corrected chi connectivity index (χ3v) is 6.48. The standard InChI is InChI=1S/C27H23F2N5O/c1-16-14-34-24-12-21(6-7-22(24)32-26(34)13-30-16)31-27(35)25-11-18-10-20(29)5-8-23(18)33(25)15-17-3-2-4-19(28)9-17/h2-12,16,30H,13-15H2,1H3,(H,31,35). The van der Waals surface area contributed by atoms with Crippen molar-refractivity contribution in [1.29, 1.82) is 0 Å². The molecule has 2 N–H and O–H groups in total. The fourth-order valence-electron chi connectivity index (χ4n) is 4.81. The van der Waals surface area contributed by atoms with E-state index in [1.807, 2.05) is 18.2 Å². The molecule has 0 spiro atoms. The first kappa shape index (κ1) is 21.5. The van der Waals surface area contributed by atoms with Crippen LogP contribution in [0.4, 0.5) is 14.5 Å². The number of hydrogen-bond acceptors (Lipinski definition) is 3. The molecule has 6 nitrogen and oxygen atoms in total.